The molecule has 10 nitrogen and oxygen atoms in total. The number of aromatic amines is 1. The van der Waals surface area contributed by atoms with Crippen LogP contribution in [0, 0.1) is 5.82 Å². The zero-order valence-electron chi connectivity index (χ0n) is 18.1. The van der Waals surface area contributed by atoms with Crippen LogP contribution in [0.3, 0.4) is 0 Å². The van der Waals surface area contributed by atoms with Crippen LogP contribution >= 0.6 is 0 Å². The second kappa shape index (κ2) is 8.87. The van der Waals surface area contributed by atoms with Gasteiger partial charge in [0.15, 0.2) is 11.6 Å². The van der Waals surface area contributed by atoms with Crippen LogP contribution < -0.4 is 14.8 Å². The summed E-state index contributed by atoms with van der Waals surface area (Å²) >= 11 is 0. The Morgan fingerprint density at radius 1 is 1.17 bits per heavy atom. The van der Waals surface area contributed by atoms with Crippen molar-refractivity contribution in [2.75, 3.05) is 6.61 Å². The van der Waals surface area contributed by atoms with Crippen molar-refractivity contribution >= 4 is 5.91 Å². The summed E-state index contributed by atoms with van der Waals surface area (Å²) < 4.78 is 62.0. The maximum Gasteiger partial charge on any atom is 0.573 e. The van der Waals surface area contributed by atoms with Crippen LogP contribution in [0.1, 0.15) is 28.2 Å². The molecule has 0 aliphatic carbocycles. The van der Waals surface area contributed by atoms with E-state index in [1.807, 2.05) is 0 Å². The quantitative estimate of drug-likeness (QED) is 0.399. The van der Waals surface area contributed by atoms with Crippen molar-refractivity contribution in [3.05, 3.63) is 77.6 Å². The first-order chi connectivity index (χ1) is 17.2. The number of hydrogen-bond acceptors (Lipinski definition) is 8. The molecule has 0 spiro atoms. The molecule has 0 radical (unpaired) electrons. The van der Waals surface area contributed by atoms with Crippen molar-refractivity contribution in [3.63, 3.8) is 0 Å². The molecule has 1 atom stereocenters. The van der Waals surface area contributed by atoms with E-state index in [1.54, 1.807) is 18.2 Å². The molecule has 0 bridgehead atoms. The van der Waals surface area contributed by atoms with Crippen molar-refractivity contribution < 1.29 is 31.8 Å². The van der Waals surface area contributed by atoms with Crippen LogP contribution in [0.2, 0.25) is 0 Å². The Bertz CT molecular complexity index is 1400. The molecule has 0 saturated heterocycles. The van der Waals surface area contributed by atoms with E-state index in [9.17, 15) is 22.4 Å². The molecular weight excluding hydrogens is 486 g/mol. The summed E-state index contributed by atoms with van der Waals surface area (Å²) in [6, 6.07) is 9.21. The monoisotopic (exact) mass is 501 g/mol. The number of fused-ring (bicyclic) bond motifs is 1. The lowest BCUT2D eigenvalue weighted by molar-refractivity contribution is -0.275. The van der Waals surface area contributed by atoms with Gasteiger partial charge in [-0.1, -0.05) is 6.07 Å². The maximum atomic E-state index is 14.7. The molecule has 4 heterocycles. The number of benzene rings is 1. The number of ether oxygens (including phenoxy) is 2. The van der Waals surface area contributed by atoms with Gasteiger partial charge in [-0.05, 0) is 47.2 Å². The minimum absolute atomic E-state index is 0.0167. The largest absolute Gasteiger partial charge is 0.573 e. The second-order valence-corrected chi connectivity index (χ2v) is 7.67. The van der Waals surface area contributed by atoms with Gasteiger partial charge in [-0.25, -0.2) is 4.39 Å². The number of pyridine rings is 2. The summed E-state index contributed by atoms with van der Waals surface area (Å²) in [5, 5.41) is 16.3. The topological polar surface area (TPSA) is 128 Å². The lowest BCUT2D eigenvalue weighted by atomic mass is 9.81. The number of aromatic nitrogens is 6. The third-order valence-corrected chi connectivity index (χ3v) is 5.49. The molecule has 4 aromatic rings. The van der Waals surface area contributed by atoms with E-state index in [2.05, 4.69) is 40.6 Å². The van der Waals surface area contributed by atoms with Gasteiger partial charge in [0.25, 0.3) is 5.91 Å². The Hall–Kier alpha value is -4.62. The molecule has 5 rings (SSSR count). The standard InChI is InChI=1S/C22H15F4N7O3/c23-14-10-13(4-6-16(14)36-22(24,25)26)21(7-9-35-17-2-1-8-27-18(17)21)29-20(34)15-5-3-12(11-28-15)19-30-32-33-31-19/h1-6,8,10-11H,7,9H2,(H,29,34)(H,30,31,32,33)/t21-/m0/s1. The Morgan fingerprint density at radius 2 is 2.03 bits per heavy atom. The van der Waals surface area contributed by atoms with Crippen LogP contribution in [0.4, 0.5) is 17.6 Å². The third-order valence-electron chi connectivity index (χ3n) is 5.49. The molecule has 36 heavy (non-hydrogen) atoms. The molecule has 0 unspecified atom stereocenters. The van der Waals surface area contributed by atoms with Crippen LogP contribution in [-0.2, 0) is 5.54 Å². The van der Waals surface area contributed by atoms with Crippen molar-refractivity contribution in [2.24, 2.45) is 0 Å². The van der Waals surface area contributed by atoms with E-state index in [1.165, 1.54) is 24.5 Å². The third kappa shape index (κ3) is 4.39. The molecule has 0 fully saturated rings. The van der Waals surface area contributed by atoms with Crippen molar-refractivity contribution in [1.29, 1.82) is 0 Å². The molecule has 184 valence electrons. The fourth-order valence-corrected chi connectivity index (χ4v) is 3.91. The predicted molar refractivity (Wildman–Crippen MR) is 113 cm³/mol. The van der Waals surface area contributed by atoms with E-state index in [0.717, 1.165) is 12.1 Å². The highest BCUT2D eigenvalue weighted by molar-refractivity contribution is 5.93. The van der Waals surface area contributed by atoms with Gasteiger partial charge in [0.2, 0.25) is 5.82 Å². The number of carbonyl (C=O) groups excluding carboxylic acids is 1. The first kappa shape index (κ1) is 23.1. The fraction of sp³-hybridized carbons (Fsp3) is 0.182. The number of tetrazole rings is 1. The van der Waals surface area contributed by atoms with E-state index < -0.39 is 29.4 Å². The zero-order chi connectivity index (χ0) is 25.3. The predicted octanol–water partition coefficient (Wildman–Crippen LogP) is 3.15. The molecule has 1 aromatic carbocycles. The Labute approximate surface area is 199 Å². The number of nitrogens with zero attached hydrogens (tertiary/aromatic N) is 5. The SMILES string of the molecule is O=C(N[C@]1(c2ccc(OC(F)(F)F)c(F)c2)CCOc2cccnc21)c1ccc(-c2nn[nH]n2)cn1. The van der Waals surface area contributed by atoms with Gasteiger partial charge in [-0.15, -0.1) is 23.4 Å². The summed E-state index contributed by atoms with van der Waals surface area (Å²) in [5.41, 5.74) is -0.498. The van der Waals surface area contributed by atoms with Crippen LogP contribution in [0.25, 0.3) is 11.4 Å². The number of nitrogens with one attached hydrogen (secondary N) is 2. The highest BCUT2D eigenvalue weighted by atomic mass is 19.4. The number of amides is 1. The minimum Gasteiger partial charge on any atom is -0.491 e. The van der Waals surface area contributed by atoms with Crippen LogP contribution in [0.15, 0.2) is 54.9 Å². The van der Waals surface area contributed by atoms with Gasteiger partial charge < -0.3 is 14.8 Å². The van der Waals surface area contributed by atoms with Gasteiger partial charge in [0.1, 0.15) is 22.7 Å². The molecule has 1 aliphatic rings. The molecule has 2 N–H and O–H groups in total. The number of carbonyl (C=O) groups is 1. The number of halogens is 4. The van der Waals surface area contributed by atoms with E-state index in [0.29, 0.717) is 11.3 Å². The molecule has 1 aliphatic heterocycles. The number of hydrogen-bond donors (Lipinski definition) is 2. The average molecular weight is 501 g/mol. The number of H-pyrrole nitrogens is 1. The van der Waals surface area contributed by atoms with Crippen molar-refractivity contribution in [2.45, 2.75) is 18.3 Å². The Balaban J connectivity index is 1.53. The van der Waals surface area contributed by atoms with Gasteiger partial charge in [0.05, 0.1) is 6.61 Å². The van der Waals surface area contributed by atoms with E-state index >= 15 is 0 Å². The summed E-state index contributed by atoms with van der Waals surface area (Å²) in [6.45, 7) is 0.117. The lowest BCUT2D eigenvalue weighted by Gasteiger charge is -2.39. The van der Waals surface area contributed by atoms with E-state index in [-0.39, 0.29) is 35.8 Å². The smallest absolute Gasteiger partial charge is 0.491 e. The highest BCUT2D eigenvalue weighted by Crippen LogP contribution is 2.42. The Kier molecular flexibility index (Phi) is 5.70. The molecular formula is C22H15F4N7O3. The lowest BCUT2D eigenvalue weighted by Crippen LogP contribution is -2.50. The molecule has 14 heteroatoms. The number of alkyl halides is 3. The summed E-state index contributed by atoms with van der Waals surface area (Å²) in [7, 11) is 0. The first-order valence-corrected chi connectivity index (χ1v) is 10.4. The molecule has 3 aromatic heterocycles. The maximum absolute atomic E-state index is 14.7. The molecule has 1 amide bonds. The molecule has 0 saturated carbocycles. The minimum atomic E-state index is -5.07. The number of rotatable bonds is 5. The highest BCUT2D eigenvalue weighted by Gasteiger charge is 2.43. The van der Waals surface area contributed by atoms with Gasteiger partial charge in [-0.3, -0.25) is 14.8 Å². The van der Waals surface area contributed by atoms with Gasteiger partial charge in [0, 0.05) is 24.4 Å². The summed E-state index contributed by atoms with van der Waals surface area (Å²) in [5.74, 6) is -2.28. The summed E-state index contributed by atoms with van der Waals surface area (Å²) in [6.07, 6.45) is -2.11. The zero-order valence-corrected chi connectivity index (χ0v) is 18.1. The first-order valence-electron chi connectivity index (χ1n) is 10.4. The van der Waals surface area contributed by atoms with E-state index in [4.69, 9.17) is 4.74 Å². The van der Waals surface area contributed by atoms with Gasteiger partial charge >= 0.3 is 6.36 Å². The van der Waals surface area contributed by atoms with Crippen molar-refractivity contribution in [3.8, 4) is 22.9 Å². The Morgan fingerprint density at radius 3 is 2.72 bits per heavy atom. The van der Waals surface area contributed by atoms with Crippen LogP contribution in [0.5, 0.6) is 11.5 Å². The fourth-order valence-electron chi connectivity index (χ4n) is 3.91. The van der Waals surface area contributed by atoms with Crippen molar-refractivity contribution in [1.82, 2.24) is 35.9 Å². The average Bonchev–Trinajstić information content (AvgIpc) is 3.40. The normalized spacial score (nSPS) is 17.1. The summed E-state index contributed by atoms with van der Waals surface area (Å²) in [4.78, 5) is 21.8. The van der Waals surface area contributed by atoms with Gasteiger partial charge in [-0.2, -0.15) is 5.21 Å². The second-order valence-electron chi connectivity index (χ2n) is 7.67. The van der Waals surface area contributed by atoms with Crippen LogP contribution in [-0.4, -0.2) is 49.5 Å².